The van der Waals surface area contributed by atoms with Crippen molar-refractivity contribution in [1.82, 2.24) is 20.1 Å². The van der Waals surface area contributed by atoms with E-state index in [1.807, 2.05) is 36.1 Å². The Hall–Kier alpha value is -2.50. The monoisotopic (exact) mass is 297 g/mol. The van der Waals surface area contributed by atoms with Gasteiger partial charge in [0.25, 0.3) is 0 Å². The van der Waals surface area contributed by atoms with Gasteiger partial charge in [-0.05, 0) is 24.3 Å². The minimum absolute atomic E-state index is 0.220. The Labute approximate surface area is 129 Å². The van der Waals surface area contributed by atoms with Crippen LogP contribution in [0.5, 0.6) is 0 Å². The van der Waals surface area contributed by atoms with Gasteiger partial charge in [-0.1, -0.05) is 6.92 Å². The van der Waals surface area contributed by atoms with E-state index in [2.05, 4.69) is 20.1 Å². The molecule has 0 unspecified atom stereocenters. The lowest BCUT2D eigenvalue weighted by molar-refractivity contribution is -0.131. The predicted octanol–water partition coefficient (Wildman–Crippen LogP) is 1.60. The Kier molecular flexibility index (Phi) is 4.27. The van der Waals surface area contributed by atoms with E-state index >= 15 is 0 Å². The summed E-state index contributed by atoms with van der Waals surface area (Å²) in [5.74, 6) is 1.08. The summed E-state index contributed by atoms with van der Waals surface area (Å²) >= 11 is 0. The molecule has 22 heavy (non-hydrogen) atoms. The zero-order chi connectivity index (χ0) is 15.4. The normalized spacial score (nSPS) is 15.0. The molecule has 2 aromatic heterocycles. The van der Waals surface area contributed by atoms with E-state index in [0.717, 1.165) is 43.3 Å². The number of piperazine rings is 1. The van der Waals surface area contributed by atoms with Crippen LogP contribution < -0.4 is 4.90 Å². The highest BCUT2D eigenvalue weighted by Gasteiger charge is 2.20. The van der Waals surface area contributed by atoms with Gasteiger partial charge < -0.3 is 9.80 Å². The van der Waals surface area contributed by atoms with E-state index in [1.165, 1.54) is 0 Å². The number of aromatic nitrogens is 3. The average molecular weight is 297 g/mol. The van der Waals surface area contributed by atoms with Crippen molar-refractivity contribution in [1.29, 1.82) is 0 Å². The summed E-state index contributed by atoms with van der Waals surface area (Å²) in [6, 6.07) is 7.79. The molecule has 3 heterocycles. The minimum Gasteiger partial charge on any atom is -0.352 e. The lowest BCUT2D eigenvalue weighted by Crippen LogP contribution is -2.48. The molecule has 0 spiro atoms. The lowest BCUT2D eigenvalue weighted by Gasteiger charge is -2.35. The Morgan fingerprint density at radius 1 is 1.14 bits per heavy atom. The van der Waals surface area contributed by atoms with Gasteiger partial charge in [-0.25, -0.2) is 0 Å². The van der Waals surface area contributed by atoms with Crippen LogP contribution in [-0.2, 0) is 4.79 Å². The van der Waals surface area contributed by atoms with Crippen LogP contribution in [0.15, 0.2) is 36.7 Å². The van der Waals surface area contributed by atoms with Crippen LogP contribution >= 0.6 is 0 Å². The molecule has 1 aliphatic rings. The SMILES string of the molecule is CCC(=O)N1CCN(c2ccc(-c3cccnc3)nn2)CC1. The van der Waals surface area contributed by atoms with Crippen LogP contribution in [0, 0.1) is 0 Å². The molecule has 0 aliphatic carbocycles. The second kappa shape index (κ2) is 6.51. The number of hydrogen-bond acceptors (Lipinski definition) is 5. The first-order chi connectivity index (χ1) is 10.8. The molecule has 1 aliphatic heterocycles. The fourth-order valence-corrected chi connectivity index (χ4v) is 2.57. The highest BCUT2D eigenvalue weighted by molar-refractivity contribution is 5.76. The molecule has 1 saturated heterocycles. The van der Waals surface area contributed by atoms with Crippen LogP contribution in [0.3, 0.4) is 0 Å². The topological polar surface area (TPSA) is 62.2 Å². The van der Waals surface area contributed by atoms with E-state index in [0.29, 0.717) is 6.42 Å². The predicted molar refractivity (Wildman–Crippen MR) is 84.3 cm³/mol. The summed E-state index contributed by atoms with van der Waals surface area (Å²) in [5, 5.41) is 8.60. The first kappa shape index (κ1) is 14.4. The fourth-order valence-electron chi connectivity index (χ4n) is 2.57. The molecule has 1 fully saturated rings. The van der Waals surface area contributed by atoms with E-state index in [9.17, 15) is 4.79 Å². The number of carbonyl (C=O) groups is 1. The van der Waals surface area contributed by atoms with Crippen LogP contribution in [0.1, 0.15) is 13.3 Å². The van der Waals surface area contributed by atoms with Crippen molar-refractivity contribution in [2.24, 2.45) is 0 Å². The zero-order valence-electron chi connectivity index (χ0n) is 12.6. The van der Waals surface area contributed by atoms with Crippen molar-refractivity contribution >= 4 is 11.7 Å². The number of amides is 1. The maximum atomic E-state index is 11.7. The van der Waals surface area contributed by atoms with Crippen LogP contribution in [0.25, 0.3) is 11.3 Å². The van der Waals surface area contributed by atoms with E-state index in [4.69, 9.17) is 0 Å². The second-order valence-electron chi connectivity index (χ2n) is 5.24. The van der Waals surface area contributed by atoms with Crippen molar-refractivity contribution in [3.05, 3.63) is 36.7 Å². The van der Waals surface area contributed by atoms with Crippen molar-refractivity contribution in [2.45, 2.75) is 13.3 Å². The van der Waals surface area contributed by atoms with Crippen molar-refractivity contribution < 1.29 is 4.79 Å². The zero-order valence-corrected chi connectivity index (χ0v) is 12.6. The Balaban J connectivity index is 1.66. The van der Waals surface area contributed by atoms with Crippen LogP contribution in [0.2, 0.25) is 0 Å². The third kappa shape index (κ3) is 3.05. The molecule has 0 aromatic carbocycles. The summed E-state index contributed by atoms with van der Waals surface area (Å²) in [4.78, 5) is 19.9. The third-order valence-corrected chi connectivity index (χ3v) is 3.87. The van der Waals surface area contributed by atoms with Crippen LogP contribution in [0.4, 0.5) is 5.82 Å². The van der Waals surface area contributed by atoms with E-state index < -0.39 is 0 Å². The van der Waals surface area contributed by atoms with Gasteiger partial charge in [-0.3, -0.25) is 9.78 Å². The summed E-state index contributed by atoms with van der Waals surface area (Å²) in [6.45, 7) is 4.99. The Morgan fingerprint density at radius 3 is 2.55 bits per heavy atom. The maximum Gasteiger partial charge on any atom is 0.222 e. The maximum absolute atomic E-state index is 11.7. The molecular weight excluding hydrogens is 278 g/mol. The van der Waals surface area contributed by atoms with Gasteiger partial charge >= 0.3 is 0 Å². The van der Waals surface area contributed by atoms with E-state index in [1.54, 1.807) is 12.4 Å². The summed E-state index contributed by atoms with van der Waals surface area (Å²) in [6.07, 6.45) is 4.08. The smallest absolute Gasteiger partial charge is 0.222 e. The number of rotatable bonds is 3. The quantitative estimate of drug-likeness (QED) is 0.861. The number of carbonyl (C=O) groups excluding carboxylic acids is 1. The molecule has 6 heteroatoms. The van der Waals surface area contributed by atoms with Crippen LogP contribution in [-0.4, -0.2) is 52.2 Å². The number of nitrogens with zero attached hydrogens (tertiary/aromatic N) is 5. The summed E-state index contributed by atoms with van der Waals surface area (Å²) in [7, 11) is 0. The standard InChI is InChI=1S/C16H19N5O/c1-2-16(22)21-10-8-20(9-11-21)15-6-5-14(18-19-15)13-4-3-7-17-12-13/h3-7,12H,2,8-11H2,1H3. The Morgan fingerprint density at radius 2 is 1.95 bits per heavy atom. The molecule has 0 atom stereocenters. The largest absolute Gasteiger partial charge is 0.352 e. The minimum atomic E-state index is 0.220. The molecule has 114 valence electrons. The highest BCUT2D eigenvalue weighted by Crippen LogP contribution is 2.18. The fraction of sp³-hybridized carbons (Fsp3) is 0.375. The molecule has 1 amide bonds. The van der Waals surface area contributed by atoms with Gasteiger partial charge in [0.1, 0.15) is 0 Å². The molecule has 0 N–H and O–H groups in total. The van der Waals surface area contributed by atoms with Crippen molar-refractivity contribution in [3.8, 4) is 11.3 Å². The average Bonchev–Trinajstić information content (AvgIpc) is 2.62. The van der Waals surface area contributed by atoms with Gasteiger partial charge in [-0.2, -0.15) is 0 Å². The highest BCUT2D eigenvalue weighted by atomic mass is 16.2. The molecule has 3 rings (SSSR count). The van der Waals surface area contributed by atoms with Gasteiger partial charge in [0.2, 0.25) is 5.91 Å². The molecule has 6 nitrogen and oxygen atoms in total. The molecule has 0 bridgehead atoms. The van der Waals surface area contributed by atoms with Crippen molar-refractivity contribution in [2.75, 3.05) is 31.1 Å². The number of anilines is 1. The third-order valence-electron chi connectivity index (χ3n) is 3.87. The van der Waals surface area contributed by atoms with Gasteiger partial charge in [0.15, 0.2) is 5.82 Å². The Bertz CT molecular complexity index is 621. The van der Waals surface area contributed by atoms with E-state index in [-0.39, 0.29) is 5.91 Å². The molecule has 2 aromatic rings. The van der Waals surface area contributed by atoms with Gasteiger partial charge in [0, 0.05) is 50.6 Å². The summed E-state index contributed by atoms with van der Waals surface area (Å²) in [5.41, 5.74) is 1.77. The van der Waals surface area contributed by atoms with Gasteiger partial charge in [-0.15, -0.1) is 10.2 Å². The molecular formula is C16H19N5O. The van der Waals surface area contributed by atoms with Gasteiger partial charge in [0.05, 0.1) is 5.69 Å². The first-order valence-electron chi connectivity index (χ1n) is 7.55. The summed E-state index contributed by atoms with van der Waals surface area (Å²) < 4.78 is 0. The van der Waals surface area contributed by atoms with Crippen molar-refractivity contribution in [3.63, 3.8) is 0 Å². The first-order valence-corrected chi connectivity index (χ1v) is 7.55. The lowest BCUT2D eigenvalue weighted by atomic mass is 10.2. The molecule has 0 saturated carbocycles. The number of pyridine rings is 1. The second-order valence-corrected chi connectivity index (χ2v) is 5.24. The number of hydrogen-bond donors (Lipinski definition) is 0. The molecule has 0 radical (unpaired) electrons.